The van der Waals surface area contributed by atoms with E-state index in [-0.39, 0.29) is 76.3 Å². The first-order valence-electron chi connectivity index (χ1n) is 18.9. The number of fused-ring (bicyclic) bond motifs is 7. The maximum Gasteiger partial charge on any atom is 0.309 e. The number of ketones is 1. The minimum atomic E-state index is -1.17. The number of amides is 1. The van der Waals surface area contributed by atoms with Gasteiger partial charge in [-0.15, -0.1) is 0 Å². The van der Waals surface area contributed by atoms with Crippen molar-refractivity contribution in [3.05, 3.63) is 23.3 Å². The molecule has 274 valence electrons. The number of aliphatic hydroxyl groups excluding tert-OH is 1. The second-order valence-corrected chi connectivity index (χ2v) is 19.0. The van der Waals surface area contributed by atoms with Crippen LogP contribution in [0.2, 0.25) is 0 Å². The topological polar surface area (TPSA) is 130 Å². The summed E-state index contributed by atoms with van der Waals surface area (Å²) < 4.78 is 6.16. The molecule has 5 aliphatic carbocycles. The van der Waals surface area contributed by atoms with Gasteiger partial charge in [-0.05, 0) is 122 Å². The lowest BCUT2D eigenvalue weighted by atomic mass is 9.28. The number of aliphatic hydroxyl groups is 1. The summed E-state index contributed by atoms with van der Waals surface area (Å²) in [5.41, 5.74) is 0.352. The molecule has 0 bridgehead atoms. The maximum absolute atomic E-state index is 13.8. The Bertz CT molecular complexity index is 1460. The number of carboxylic acid groups (broad SMARTS) is 1. The maximum atomic E-state index is 13.8. The largest absolute Gasteiger partial charge is 0.481 e. The highest BCUT2D eigenvalue weighted by Crippen LogP contribution is 2.81. The standard InChI is InChI=1S/C41H63NO7/c1-25(2)32-27(44)23-41(18-14-30(45)42-21-22-43)20-19-37(7)26(33(32)41)11-16-40(10)38(8)15-13-29(49-31(46)24-35(3,4)34(47)48)36(5,6)28(38)12-17-39(37,40)9/h14,18,25-26,28-29,43H,11-13,15-17,19-24H2,1-10H3,(H,42,45)(H,47,48). The molecule has 1 amide bonds. The fourth-order valence-electron chi connectivity index (χ4n) is 12.6. The van der Waals surface area contributed by atoms with Crippen molar-refractivity contribution in [3.8, 4) is 0 Å². The van der Waals surface area contributed by atoms with Crippen LogP contribution >= 0.6 is 0 Å². The van der Waals surface area contributed by atoms with Gasteiger partial charge in [0.25, 0.3) is 0 Å². The highest BCUT2D eigenvalue weighted by molar-refractivity contribution is 6.01. The first-order chi connectivity index (χ1) is 22.6. The van der Waals surface area contributed by atoms with Crippen LogP contribution in [0.1, 0.15) is 133 Å². The smallest absolute Gasteiger partial charge is 0.309 e. The fraction of sp³-hybridized carbons (Fsp3) is 0.805. The lowest BCUT2D eigenvalue weighted by Gasteiger charge is -2.76. The molecule has 0 radical (unpaired) electrons. The van der Waals surface area contributed by atoms with Crippen LogP contribution in [0.3, 0.4) is 0 Å². The molecule has 8 nitrogen and oxygen atoms in total. The summed E-state index contributed by atoms with van der Waals surface area (Å²) in [7, 11) is 0. The van der Waals surface area contributed by atoms with E-state index < -0.39 is 22.8 Å². The van der Waals surface area contributed by atoms with Crippen LogP contribution in [0.25, 0.3) is 0 Å². The van der Waals surface area contributed by atoms with Crippen LogP contribution in [0, 0.1) is 55.7 Å². The van der Waals surface area contributed by atoms with Gasteiger partial charge in [0.15, 0.2) is 5.78 Å². The highest BCUT2D eigenvalue weighted by Gasteiger charge is 2.74. The first kappa shape index (κ1) is 37.8. The van der Waals surface area contributed by atoms with Gasteiger partial charge in [0.05, 0.1) is 18.4 Å². The van der Waals surface area contributed by atoms with Crippen molar-refractivity contribution < 1.29 is 34.1 Å². The molecule has 8 heteroatoms. The molecule has 0 aromatic rings. The van der Waals surface area contributed by atoms with Crippen LogP contribution in [0.4, 0.5) is 0 Å². The van der Waals surface area contributed by atoms with Crippen molar-refractivity contribution in [3.63, 3.8) is 0 Å². The summed E-state index contributed by atoms with van der Waals surface area (Å²) in [5.74, 6) is -0.746. The molecular weight excluding hydrogens is 618 g/mol. The number of ether oxygens (including phenoxy) is 1. The monoisotopic (exact) mass is 681 g/mol. The van der Waals surface area contributed by atoms with Gasteiger partial charge in [-0.1, -0.05) is 61.5 Å². The van der Waals surface area contributed by atoms with Crippen LogP contribution in [0.15, 0.2) is 23.3 Å². The van der Waals surface area contributed by atoms with Gasteiger partial charge in [-0.3, -0.25) is 19.2 Å². The average molecular weight is 682 g/mol. The van der Waals surface area contributed by atoms with E-state index in [1.54, 1.807) is 19.9 Å². The van der Waals surface area contributed by atoms with Crippen molar-refractivity contribution in [1.82, 2.24) is 5.32 Å². The molecule has 8 atom stereocenters. The molecule has 0 aromatic carbocycles. The SMILES string of the molecule is CC(C)C1=C2C3CCC4(C)C5(C)CCC(OC(=O)CC(C)(C)C(=O)O)C(C)(C)C5CCC4(C)C3(C)CCC2(C=CC(=O)NCCO)CC1=O. The summed E-state index contributed by atoms with van der Waals surface area (Å²) in [6.07, 6.45) is 11.3. The Labute approximate surface area is 294 Å². The third kappa shape index (κ3) is 5.47. The number of carboxylic acids is 1. The molecule has 0 aromatic heterocycles. The molecule has 0 aliphatic heterocycles. The second kappa shape index (κ2) is 12.3. The van der Waals surface area contributed by atoms with E-state index in [9.17, 15) is 29.4 Å². The quantitative estimate of drug-likeness (QED) is 0.170. The highest BCUT2D eigenvalue weighted by atomic mass is 16.5. The Hall–Kier alpha value is -2.48. The van der Waals surface area contributed by atoms with Crippen molar-refractivity contribution >= 4 is 23.6 Å². The first-order valence-corrected chi connectivity index (χ1v) is 18.9. The number of carbonyl (C=O) groups is 4. The number of hydrogen-bond acceptors (Lipinski definition) is 6. The second-order valence-electron chi connectivity index (χ2n) is 19.0. The van der Waals surface area contributed by atoms with Gasteiger partial charge in [0.1, 0.15) is 6.10 Å². The summed E-state index contributed by atoms with van der Waals surface area (Å²) in [6, 6.07) is 0. The summed E-state index contributed by atoms with van der Waals surface area (Å²) in [5, 5.41) is 21.5. The summed E-state index contributed by atoms with van der Waals surface area (Å²) >= 11 is 0. The van der Waals surface area contributed by atoms with Crippen LogP contribution in [-0.2, 0) is 23.9 Å². The van der Waals surface area contributed by atoms with Crippen LogP contribution in [0.5, 0.6) is 0 Å². The minimum absolute atomic E-state index is 0.000705. The molecule has 5 aliphatic rings. The Balaban J connectivity index is 1.48. The van der Waals surface area contributed by atoms with Gasteiger partial charge in [-0.2, -0.15) is 0 Å². The zero-order valence-electron chi connectivity index (χ0n) is 31.9. The Morgan fingerprint density at radius 3 is 2.18 bits per heavy atom. The number of aliphatic carboxylic acids is 1. The predicted octanol–water partition coefficient (Wildman–Crippen LogP) is 7.43. The van der Waals surface area contributed by atoms with Gasteiger partial charge in [0.2, 0.25) is 5.91 Å². The molecule has 5 rings (SSSR count). The van der Waals surface area contributed by atoms with E-state index in [1.807, 2.05) is 6.08 Å². The third-order valence-corrected chi connectivity index (χ3v) is 15.8. The van der Waals surface area contributed by atoms with Gasteiger partial charge in [0, 0.05) is 23.8 Å². The van der Waals surface area contributed by atoms with E-state index in [0.29, 0.717) is 12.3 Å². The van der Waals surface area contributed by atoms with E-state index in [0.717, 1.165) is 56.9 Å². The molecule has 0 spiro atoms. The number of Topliss-reactive ketones (excluding diaryl/α,β-unsaturated/α-hetero) is 1. The summed E-state index contributed by atoms with van der Waals surface area (Å²) in [4.78, 5) is 51.3. The lowest BCUT2D eigenvalue weighted by molar-refractivity contribution is -0.277. The number of hydrogen-bond donors (Lipinski definition) is 3. The Morgan fingerprint density at radius 1 is 0.939 bits per heavy atom. The van der Waals surface area contributed by atoms with Crippen LogP contribution < -0.4 is 5.32 Å². The van der Waals surface area contributed by atoms with Crippen molar-refractivity contribution in [2.45, 2.75) is 140 Å². The zero-order chi connectivity index (χ0) is 36.6. The summed E-state index contributed by atoms with van der Waals surface area (Å²) in [6.45, 7) is 22.1. The zero-order valence-corrected chi connectivity index (χ0v) is 31.9. The number of esters is 1. The number of allylic oxidation sites excluding steroid dienone is 3. The molecular formula is C41H63NO7. The minimum Gasteiger partial charge on any atom is -0.481 e. The molecule has 8 unspecified atom stereocenters. The van der Waals surface area contributed by atoms with E-state index in [2.05, 4.69) is 60.7 Å². The molecule has 0 saturated heterocycles. The Kier molecular flexibility index (Phi) is 9.51. The molecule has 4 saturated carbocycles. The molecule has 0 heterocycles. The number of rotatable bonds is 9. The third-order valence-electron chi connectivity index (χ3n) is 15.8. The number of nitrogens with one attached hydrogen (secondary N) is 1. The van der Waals surface area contributed by atoms with Gasteiger partial charge in [-0.25, -0.2) is 0 Å². The van der Waals surface area contributed by atoms with Gasteiger partial charge < -0.3 is 20.3 Å². The van der Waals surface area contributed by atoms with E-state index in [4.69, 9.17) is 4.74 Å². The average Bonchev–Trinajstić information content (AvgIpc) is 3.30. The van der Waals surface area contributed by atoms with Crippen molar-refractivity contribution in [1.29, 1.82) is 0 Å². The fourth-order valence-corrected chi connectivity index (χ4v) is 12.6. The van der Waals surface area contributed by atoms with Crippen LogP contribution in [-0.4, -0.2) is 53.1 Å². The van der Waals surface area contributed by atoms with Gasteiger partial charge >= 0.3 is 11.9 Å². The van der Waals surface area contributed by atoms with E-state index in [1.165, 1.54) is 5.57 Å². The van der Waals surface area contributed by atoms with E-state index >= 15 is 0 Å². The van der Waals surface area contributed by atoms with Crippen molar-refractivity contribution in [2.75, 3.05) is 13.2 Å². The molecule has 49 heavy (non-hydrogen) atoms. The normalized spacial score (nSPS) is 40.0. The molecule has 3 N–H and O–H groups in total. The lowest BCUT2D eigenvalue weighted by Crippen LogP contribution is -2.70. The van der Waals surface area contributed by atoms with Crippen molar-refractivity contribution in [2.24, 2.45) is 55.7 Å². The predicted molar refractivity (Wildman–Crippen MR) is 189 cm³/mol. The Morgan fingerprint density at radius 2 is 1.57 bits per heavy atom. The number of carbonyl (C=O) groups excluding carboxylic acids is 3. The molecule has 4 fully saturated rings.